The molecule has 6 aromatic heterocycles. The third-order valence-corrected chi connectivity index (χ3v) is 21.0. The van der Waals surface area contributed by atoms with E-state index in [1.807, 2.05) is 0 Å². The number of rotatable bonds is 12. The van der Waals surface area contributed by atoms with Crippen molar-refractivity contribution in [1.82, 2.24) is 75.6 Å². The third-order valence-electron chi connectivity index (χ3n) is 17.9. The Morgan fingerprint density at radius 3 is 1.07 bits per heavy atom. The lowest BCUT2D eigenvalue weighted by atomic mass is 9.82. The number of thiazole rings is 3. The Labute approximate surface area is 553 Å². The fourth-order valence-corrected chi connectivity index (χ4v) is 15.6. The second-order valence-electron chi connectivity index (χ2n) is 24.1. The lowest BCUT2D eigenvalue weighted by molar-refractivity contribution is -0.139. The number of hydrogen-bond donors (Lipinski definition) is 3. The van der Waals surface area contributed by atoms with Gasteiger partial charge in [0.2, 0.25) is 17.5 Å². The van der Waals surface area contributed by atoms with E-state index in [0.717, 1.165) is 91.3 Å². The van der Waals surface area contributed by atoms with Crippen LogP contribution in [0.2, 0.25) is 0 Å². The Balaban J connectivity index is 0.000000130. The highest BCUT2D eigenvalue weighted by atomic mass is 32.1. The highest BCUT2D eigenvalue weighted by Crippen LogP contribution is 2.48. The Bertz CT molecular complexity index is 4130. The van der Waals surface area contributed by atoms with Gasteiger partial charge in [0, 0.05) is 88.9 Å². The van der Waals surface area contributed by atoms with Gasteiger partial charge < -0.3 is 44.2 Å². The van der Waals surface area contributed by atoms with Crippen LogP contribution >= 0.6 is 34.0 Å². The third kappa shape index (κ3) is 14.2. The smallest absolute Gasteiger partial charge is 0.416 e. The molecule has 6 aliphatic heterocycles. The van der Waals surface area contributed by atoms with Crippen molar-refractivity contribution in [2.45, 2.75) is 133 Å². The number of alkyl halides is 6. The lowest BCUT2D eigenvalue weighted by Crippen LogP contribution is -2.50. The Morgan fingerprint density at radius 2 is 0.760 bits per heavy atom. The molecule has 3 N–H and O–H groups in total. The van der Waals surface area contributed by atoms with Crippen molar-refractivity contribution in [2.24, 2.45) is 0 Å². The van der Waals surface area contributed by atoms with Gasteiger partial charge in [-0.2, -0.15) is 40.7 Å². The molecule has 0 bridgehead atoms. The number of carbonyl (C=O) groups is 3. The van der Waals surface area contributed by atoms with Crippen LogP contribution < -0.4 is 28.9 Å². The van der Waals surface area contributed by atoms with Gasteiger partial charge in [-0.3, -0.25) is 14.4 Å². The molecule has 0 amide bonds. The van der Waals surface area contributed by atoms with Crippen molar-refractivity contribution in [3.05, 3.63) is 107 Å². The molecule has 96 heavy (non-hydrogen) atoms. The molecule has 0 aliphatic carbocycles. The standard InChI is InChI=1S/2C20H19F3N6O3S.C20H22N6O3S/c2*21-20(22,23)13-2-1-3-14-12(13)4-5-19(32-14)6-8-28(9-7-19)18-24-10-15(33-18)17-25-27-29(26-17)11-16(30)31;1-13-3-2-4-15-14(13)5-6-20(29-15)7-9-25(10-8-20)19-21-11-16(30-19)18-22-24-26(23-18)12-17(27)28/h2*1-3,10H,4-9,11H2,(H,30,31);2-4,11H,5-10,12H2,1H3,(H,27,28). The van der Waals surface area contributed by atoms with Crippen LogP contribution in [0.25, 0.3) is 32.1 Å². The molecular formula is C60H60F6N18O9S3. The van der Waals surface area contributed by atoms with Crippen LogP contribution in [-0.4, -0.2) is 165 Å². The molecule has 0 saturated carbocycles. The number of hydrogen-bond acceptors (Lipinski definition) is 24. The fourth-order valence-electron chi connectivity index (χ4n) is 12.9. The predicted molar refractivity (Wildman–Crippen MR) is 333 cm³/mol. The number of aliphatic carboxylic acids is 3. The summed E-state index contributed by atoms with van der Waals surface area (Å²) in [5.74, 6) is -0.413. The molecule has 3 aromatic carbocycles. The van der Waals surface area contributed by atoms with Gasteiger partial charge in [-0.25, -0.2) is 15.0 Å². The summed E-state index contributed by atoms with van der Waals surface area (Å²) in [6.07, 6.45) is 4.68. The van der Waals surface area contributed by atoms with Crippen LogP contribution in [0, 0.1) is 6.92 Å². The van der Waals surface area contributed by atoms with Gasteiger partial charge in [-0.15, -0.1) is 30.6 Å². The first kappa shape index (κ1) is 65.2. The number of anilines is 3. The maximum atomic E-state index is 13.3. The number of piperidine rings is 3. The van der Waals surface area contributed by atoms with Crippen LogP contribution in [0.15, 0.2) is 73.2 Å². The number of fused-ring (bicyclic) bond motifs is 3. The molecule has 0 unspecified atom stereocenters. The summed E-state index contributed by atoms with van der Waals surface area (Å²) in [4.78, 5) is 57.4. The largest absolute Gasteiger partial charge is 0.487 e. The number of tetrazole rings is 3. The van der Waals surface area contributed by atoms with Crippen molar-refractivity contribution in [1.29, 1.82) is 0 Å². The Kier molecular flexibility index (Phi) is 17.9. The molecule has 3 spiro atoms. The van der Waals surface area contributed by atoms with Crippen LogP contribution in [0.1, 0.15) is 91.2 Å². The Morgan fingerprint density at radius 1 is 0.458 bits per heavy atom. The van der Waals surface area contributed by atoms with Crippen LogP contribution in [0.4, 0.5) is 41.7 Å². The summed E-state index contributed by atoms with van der Waals surface area (Å²) >= 11 is 4.25. The number of carboxylic acids is 3. The second kappa shape index (κ2) is 26.3. The molecule has 3 fully saturated rings. The zero-order chi connectivity index (χ0) is 67.2. The maximum Gasteiger partial charge on any atom is 0.416 e. The minimum absolute atomic E-state index is 0.0849. The van der Waals surface area contributed by atoms with Crippen LogP contribution in [0.5, 0.6) is 17.2 Å². The van der Waals surface area contributed by atoms with Crippen molar-refractivity contribution in [3.63, 3.8) is 0 Å². The van der Waals surface area contributed by atoms with Gasteiger partial charge in [0.15, 0.2) is 35.0 Å². The molecule has 0 radical (unpaired) electrons. The monoisotopic (exact) mass is 1390 g/mol. The average Bonchev–Trinajstić information content (AvgIpc) is 1.02. The van der Waals surface area contributed by atoms with Gasteiger partial charge in [-0.05, 0) is 103 Å². The van der Waals surface area contributed by atoms with Gasteiger partial charge in [0.1, 0.15) is 34.1 Å². The van der Waals surface area contributed by atoms with E-state index in [1.165, 1.54) is 57.3 Å². The van der Waals surface area contributed by atoms with E-state index in [1.54, 1.807) is 30.7 Å². The average molecular weight is 1390 g/mol. The number of halogens is 6. The molecule has 15 rings (SSSR count). The summed E-state index contributed by atoms with van der Waals surface area (Å²) in [5, 5.41) is 64.1. The van der Waals surface area contributed by atoms with E-state index >= 15 is 0 Å². The molecule has 36 heteroatoms. The zero-order valence-electron chi connectivity index (χ0n) is 51.1. The first-order valence-electron chi connectivity index (χ1n) is 30.6. The minimum Gasteiger partial charge on any atom is -0.487 e. The first-order chi connectivity index (χ1) is 46.0. The fraction of sp³-hybridized carbons (Fsp3) is 0.450. The van der Waals surface area contributed by atoms with E-state index in [2.05, 4.69) is 101 Å². The number of carboxylic acid groups (broad SMARTS) is 3. The number of aryl methyl sites for hydroxylation is 1. The summed E-state index contributed by atoms with van der Waals surface area (Å²) in [7, 11) is 0. The molecular weight excluding hydrogens is 1330 g/mol. The number of aromatic nitrogens is 15. The highest BCUT2D eigenvalue weighted by molar-refractivity contribution is 7.19. The minimum atomic E-state index is -4.39. The van der Waals surface area contributed by atoms with Crippen LogP contribution in [-0.2, 0) is 65.6 Å². The normalized spacial score (nSPS) is 17.6. The van der Waals surface area contributed by atoms with Gasteiger partial charge in [0.05, 0.1) is 44.3 Å². The van der Waals surface area contributed by atoms with Crippen LogP contribution in [0.3, 0.4) is 0 Å². The Hall–Kier alpha value is -9.45. The molecule has 6 aliphatic rings. The van der Waals surface area contributed by atoms with E-state index in [0.29, 0.717) is 116 Å². The van der Waals surface area contributed by atoms with Crippen molar-refractivity contribution < 1.29 is 70.3 Å². The maximum absolute atomic E-state index is 13.3. The quantitative estimate of drug-likeness (QED) is 0.0960. The topological polar surface area (TPSA) is 319 Å². The summed E-state index contributed by atoms with van der Waals surface area (Å²) in [6.45, 7) is 5.47. The van der Waals surface area contributed by atoms with E-state index in [-0.39, 0.29) is 36.4 Å². The first-order valence-corrected chi connectivity index (χ1v) is 33.1. The molecule has 9 aromatic rings. The van der Waals surface area contributed by atoms with Gasteiger partial charge >= 0.3 is 30.3 Å². The van der Waals surface area contributed by atoms with E-state index in [9.17, 15) is 40.7 Å². The zero-order valence-corrected chi connectivity index (χ0v) is 53.6. The highest BCUT2D eigenvalue weighted by Gasteiger charge is 2.46. The predicted octanol–water partition coefficient (Wildman–Crippen LogP) is 9.08. The number of nitrogens with zero attached hydrogens (tertiary/aromatic N) is 18. The van der Waals surface area contributed by atoms with Crippen molar-refractivity contribution in [2.75, 3.05) is 54.0 Å². The van der Waals surface area contributed by atoms with Crippen molar-refractivity contribution in [3.8, 4) is 49.4 Å². The van der Waals surface area contributed by atoms with Gasteiger partial charge in [-0.1, -0.05) is 58.3 Å². The summed E-state index contributed by atoms with van der Waals surface area (Å²) in [6, 6.07) is 14.6. The number of benzene rings is 3. The molecule has 504 valence electrons. The number of ether oxygens (including phenoxy) is 3. The lowest BCUT2D eigenvalue weighted by Gasteiger charge is -2.45. The molecule has 3 saturated heterocycles. The summed E-state index contributed by atoms with van der Waals surface area (Å²) in [5.41, 5.74) is 0.870. The van der Waals surface area contributed by atoms with E-state index in [4.69, 9.17) is 29.5 Å². The molecule has 27 nitrogen and oxygen atoms in total. The molecule has 0 atom stereocenters. The SMILES string of the molecule is Cc1cccc2c1CCC1(CCN(c3ncc(-c4nnn(CC(=O)O)n4)s3)CC1)O2.O=C(O)Cn1nnc(-c2cnc(N3CCC4(CCc5c(cccc5C(F)(F)F)O4)CC3)s2)n1.O=C(O)Cn1nnc(-c2cnc(N3CCC4(CCc5c(cccc5C(F)(F)F)O4)CC3)s2)n1. The van der Waals surface area contributed by atoms with Crippen molar-refractivity contribution >= 4 is 67.3 Å². The summed E-state index contributed by atoms with van der Waals surface area (Å²) < 4.78 is 98.8. The molecule has 12 heterocycles. The van der Waals surface area contributed by atoms with E-state index < -0.39 is 52.6 Å². The van der Waals surface area contributed by atoms with Gasteiger partial charge in [0.25, 0.3) is 0 Å². The second-order valence-corrected chi connectivity index (χ2v) is 27.1.